The van der Waals surface area contributed by atoms with Crippen LogP contribution in [0.4, 0.5) is 0 Å². The summed E-state index contributed by atoms with van der Waals surface area (Å²) < 4.78 is 18.5. The fourth-order valence-electron chi connectivity index (χ4n) is 0.874. The van der Waals surface area contributed by atoms with Gasteiger partial charge in [-0.05, 0) is 11.1 Å². The van der Waals surface area contributed by atoms with Crippen LogP contribution >= 0.6 is 27.5 Å². The molecule has 0 saturated carbocycles. The minimum absolute atomic E-state index is 0.659. The topological polar surface area (TPSA) is 37.3 Å². The molecule has 0 saturated heterocycles. The molecule has 2 atom stereocenters. The molecule has 0 aliphatic carbocycles. The van der Waals surface area contributed by atoms with Gasteiger partial charge in [0.25, 0.3) is 0 Å². The van der Waals surface area contributed by atoms with Gasteiger partial charge in [-0.3, -0.25) is 0 Å². The van der Waals surface area contributed by atoms with E-state index in [9.17, 15) is 4.21 Å². The van der Waals surface area contributed by atoms with Gasteiger partial charge in [0.1, 0.15) is 0 Å². The first-order valence-electron chi connectivity index (χ1n) is 3.53. The summed E-state index contributed by atoms with van der Waals surface area (Å²) in [6.07, 6.45) is 0. The van der Waals surface area contributed by atoms with Crippen molar-refractivity contribution in [2.45, 2.75) is 10.0 Å². The minimum atomic E-state index is -2.02. The summed E-state index contributed by atoms with van der Waals surface area (Å²) in [4.78, 5) is 0. The van der Waals surface area contributed by atoms with Crippen molar-refractivity contribution in [2.24, 2.45) is 0 Å². The predicted octanol–water partition coefficient (Wildman–Crippen LogP) is 3.04. The van der Waals surface area contributed by atoms with Crippen LogP contribution in [-0.4, -0.2) is 8.76 Å². The van der Waals surface area contributed by atoms with E-state index in [-0.39, 0.29) is 0 Å². The van der Waals surface area contributed by atoms with Gasteiger partial charge in [0, 0.05) is 5.33 Å². The quantitative estimate of drug-likeness (QED) is 0.684. The van der Waals surface area contributed by atoms with Gasteiger partial charge in [0.05, 0.1) is 0 Å². The van der Waals surface area contributed by atoms with Gasteiger partial charge in [-0.2, -0.15) is 0 Å². The summed E-state index contributed by atoms with van der Waals surface area (Å²) >= 11 is 6.96. The first-order chi connectivity index (χ1) is 6.15. The summed E-state index contributed by atoms with van der Waals surface area (Å²) in [5.74, 6) is 0. The van der Waals surface area contributed by atoms with Crippen LogP contribution in [0.25, 0.3) is 0 Å². The Kier molecular flexibility index (Phi) is 4.38. The van der Waals surface area contributed by atoms with Gasteiger partial charge in [0.2, 0.25) is 0 Å². The highest BCUT2D eigenvalue weighted by atomic mass is 79.9. The first-order valence-corrected chi connectivity index (χ1v) is 6.26. The molecule has 0 aliphatic rings. The second-order valence-corrected chi connectivity index (χ2v) is 4.75. The number of halogens is 2. The maximum Gasteiger partial charge on any atom is 0.176 e. The average molecular weight is 284 g/mol. The molecule has 72 valence electrons. The Hall–Kier alpha value is 0.1000. The lowest BCUT2D eigenvalue weighted by Gasteiger charge is -2.05. The van der Waals surface area contributed by atoms with Crippen molar-refractivity contribution in [1.82, 2.24) is 0 Å². The van der Waals surface area contributed by atoms with Crippen LogP contribution in [0.15, 0.2) is 24.3 Å². The molecule has 2 nitrogen and oxygen atoms in total. The molecule has 5 heteroatoms. The lowest BCUT2D eigenvalue weighted by atomic mass is 10.2. The molecule has 13 heavy (non-hydrogen) atoms. The molecule has 1 rings (SSSR count). The Balaban J connectivity index is 2.85. The van der Waals surface area contributed by atoms with Crippen molar-refractivity contribution in [3.63, 3.8) is 0 Å². The van der Waals surface area contributed by atoms with Gasteiger partial charge in [-0.25, -0.2) is 4.21 Å². The summed E-state index contributed by atoms with van der Waals surface area (Å²) in [6.45, 7) is 0. The van der Waals surface area contributed by atoms with E-state index in [0.717, 1.165) is 10.9 Å². The molecule has 0 bridgehead atoms. The van der Waals surface area contributed by atoms with E-state index in [0.29, 0.717) is 5.56 Å². The van der Waals surface area contributed by atoms with Crippen molar-refractivity contribution < 1.29 is 8.76 Å². The lowest BCUT2D eigenvalue weighted by Crippen LogP contribution is -1.97. The summed E-state index contributed by atoms with van der Waals surface area (Å²) in [5, 5.41) is 0.766. The summed E-state index contributed by atoms with van der Waals surface area (Å²) in [5.41, 5.74) is 1.77. The number of benzene rings is 1. The molecule has 1 aromatic rings. The largest absolute Gasteiger partial charge is 0.305 e. The van der Waals surface area contributed by atoms with E-state index in [1.54, 1.807) is 12.1 Å². The first kappa shape index (κ1) is 11.2. The van der Waals surface area contributed by atoms with E-state index >= 15 is 0 Å². The zero-order chi connectivity index (χ0) is 9.84. The van der Waals surface area contributed by atoms with Crippen LogP contribution in [0.2, 0.25) is 0 Å². The smallest absolute Gasteiger partial charge is 0.176 e. The molecule has 0 aromatic heterocycles. The fraction of sp³-hybridized carbons (Fsp3) is 0.250. The van der Waals surface area contributed by atoms with Gasteiger partial charge in [-0.15, -0.1) is 11.6 Å². The van der Waals surface area contributed by atoms with Crippen molar-refractivity contribution in [3.05, 3.63) is 35.4 Å². The Morgan fingerprint density at radius 1 is 1.46 bits per heavy atom. The van der Waals surface area contributed by atoms with Gasteiger partial charge in [-0.1, -0.05) is 40.2 Å². The van der Waals surface area contributed by atoms with Crippen molar-refractivity contribution >= 4 is 38.6 Å². The molecule has 0 radical (unpaired) electrons. The lowest BCUT2D eigenvalue weighted by molar-refractivity contribution is 0.562. The van der Waals surface area contributed by atoms with Gasteiger partial charge < -0.3 is 4.55 Å². The number of alkyl halides is 2. The van der Waals surface area contributed by atoms with Crippen LogP contribution in [0.3, 0.4) is 0 Å². The Morgan fingerprint density at radius 3 is 2.38 bits per heavy atom. The van der Waals surface area contributed by atoms with E-state index in [1.165, 1.54) is 0 Å². The molecule has 0 heterocycles. The van der Waals surface area contributed by atoms with E-state index in [1.807, 2.05) is 12.1 Å². The molecule has 2 unspecified atom stereocenters. The normalized spacial score (nSPS) is 15.3. The van der Waals surface area contributed by atoms with Crippen LogP contribution < -0.4 is 0 Å². The number of rotatable bonds is 3. The molecular weight excluding hydrogens is 276 g/mol. The highest BCUT2D eigenvalue weighted by molar-refractivity contribution is 9.08. The van der Waals surface area contributed by atoms with Crippen LogP contribution in [0.5, 0.6) is 0 Å². The third kappa shape index (κ3) is 3.06. The maximum absolute atomic E-state index is 10.6. The van der Waals surface area contributed by atoms with Crippen molar-refractivity contribution in [3.8, 4) is 0 Å². The second kappa shape index (κ2) is 5.10. The molecule has 0 aliphatic heterocycles. The number of hydrogen-bond donors (Lipinski definition) is 1. The highest BCUT2D eigenvalue weighted by Crippen LogP contribution is 2.23. The standard InChI is InChI=1S/C8H8BrClO2S/c9-5-6-1-3-7(4-2-6)8(10)13(11)12/h1-4,8H,5H2,(H,11,12). The van der Waals surface area contributed by atoms with Gasteiger partial charge >= 0.3 is 0 Å². The average Bonchev–Trinajstić information content (AvgIpc) is 2.17. The molecule has 0 fully saturated rings. The highest BCUT2D eigenvalue weighted by Gasteiger charge is 2.12. The van der Waals surface area contributed by atoms with E-state index in [4.69, 9.17) is 16.2 Å². The Morgan fingerprint density at radius 2 is 2.00 bits per heavy atom. The maximum atomic E-state index is 10.6. The number of hydrogen-bond acceptors (Lipinski definition) is 1. The fourth-order valence-corrected chi connectivity index (χ4v) is 1.78. The van der Waals surface area contributed by atoms with E-state index in [2.05, 4.69) is 15.9 Å². The van der Waals surface area contributed by atoms with Crippen LogP contribution in [0, 0.1) is 0 Å². The molecule has 0 spiro atoms. The van der Waals surface area contributed by atoms with Crippen molar-refractivity contribution in [2.75, 3.05) is 0 Å². The van der Waals surface area contributed by atoms with E-state index < -0.39 is 15.8 Å². The minimum Gasteiger partial charge on any atom is -0.305 e. The summed E-state index contributed by atoms with van der Waals surface area (Å²) in [6, 6.07) is 7.24. The summed E-state index contributed by atoms with van der Waals surface area (Å²) in [7, 11) is 0. The van der Waals surface area contributed by atoms with Gasteiger partial charge in [0.15, 0.2) is 15.8 Å². The second-order valence-electron chi connectivity index (χ2n) is 2.47. The molecule has 1 N–H and O–H groups in total. The molecule has 0 amide bonds. The Labute approximate surface area is 92.7 Å². The third-order valence-corrected chi connectivity index (χ3v) is 3.56. The molecular formula is C8H8BrClO2S. The van der Waals surface area contributed by atoms with Crippen LogP contribution in [-0.2, 0) is 16.4 Å². The molecule has 1 aromatic carbocycles. The monoisotopic (exact) mass is 282 g/mol. The van der Waals surface area contributed by atoms with Crippen LogP contribution in [0.1, 0.15) is 15.8 Å². The third-order valence-electron chi connectivity index (χ3n) is 1.57. The SMILES string of the molecule is O=S(O)C(Cl)c1ccc(CBr)cc1. The predicted molar refractivity (Wildman–Crippen MR) is 58.4 cm³/mol. The Bertz CT molecular complexity index is 302. The zero-order valence-corrected chi connectivity index (χ0v) is 9.77. The van der Waals surface area contributed by atoms with Crippen molar-refractivity contribution in [1.29, 1.82) is 0 Å². The zero-order valence-electron chi connectivity index (χ0n) is 6.61.